The van der Waals surface area contributed by atoms with Crippen LogP contribution in [0.1, 0.15) is 187 Å². The Balaban J connectivity index is 1.79. The number of rotatable bonds is 39. The van der Waals surface area contributed by atoms with Gasteiger partial charge in [0.2, 0.25) is 0 Å². The van der Waals surface area contributed by atoms with Crippen LogP contribution in [0.2, 0.25) is 0 Å². The maximum Gasteiger partial charge on any atom is 0.481 e. The number of nitrogens with zero attached hydrogens (tertiary/aromatic N) is 2. The van der Waals surface area contributed by atoms with E-state index in [2.05, 4.69) is 23.1 Å². The number of hydrogen-bond donors (Lipinski definition) is 5. The molecule has 1 aliphatic heterocycles. The van der Waals surface area contributed by atoms with Crippen LogP contribution in [0.5, 0.6) is 0 Å². The minimum Gasteiger partial charge on any atom is -0.457 e. The number of nitrogen functional groups attached to an aromatic ring is 1. The number of unbranched alkanes of at least 4 members (excludes halogenated alkanes) is 23. The van der Waals surface area contributed by atoms with Crippen LogP contribution in [0.25, 0.3) is 0 Å². The van der Waals surface area contributed by atoms with Gasteiger partial charge in [-0.2, -0.15) is 9.29 Å². The van der Waals surface area contributed by atoms with Gasteiger partial charge in [-0.25, -0.2) is 13.9 Å². The molecule has 0 aliphatic carbocycles. The summed E-state index contributed by atoms with van der Waals surface area (Å²) in [6, 6.07) is 1.26. The summed E-state index contributed by atoms with van der Waals surface area (Å²) < 4.78 is 57.3. The largest absolute Gasteiger partial charge is 0.481 e. The molecule has 2 heterocycles. The van der Waals surface area contributed by atoms with Crippen LogP contribution in [0.3, 0.4) is 0 Å². The van der Waals surface area contributed by atoms with E-state index < -0.39 is 71.2 Å². The van der Waals surface area contributed by atoms with Crippen molar-refractivity contribution in [2.45, 2.75) is 211 Å². The molecule has 0 spiro atoms. The molecule has 1 saturated heterocycles. The molecule has 0 radical (unpaired) electrons. The number of aromatic nitrogens is 2. The number of anilines is 1. The molecule has 6 N–H and O–H groups in total. The first kappa shape index (κ1) is 55.4. The van der Waals surface area contributed by atoms with Crippen LogP contribution >= 0.6 is 15.6 Å². The predicted octanol–water partition coefficient (Wildman–Crippen LogP) is 8.81. The predicted molar refractivity (Wildman–Crippen MR) is 234 cm³/mol. The Morgan fingerprint density at radius 2 is 1.21 bits per heavy atom. The van der Waals surface area contributed by atoms with E-state index in [1.807, 2.05) is 0 Å². The van der Waals surface area contributed by atoms with Crippen molar-refractivity contribution in [3.63, 3.8) is 0 Å². The highest BCUT2D eigenvalue weighted by Crippen LogP contribution is 2.60. The van der Waals surface area contributed by atoms with Crippen molar-refractivity contribution in [3.05, 3.63) is 22.7 Å². The topological polar surface area (TPSA) is 248 Å². The van der Waals surface area contributed by atoms with Gasteiger partial charge in [-0.3, -0.25) is 18.4 Å². The Morgan fingerprint density at radius 3 is 1.72 bits per heavy atom. The molecule has 2 rings (SSSR count). The second-order valence-corrected chi connectivity index (χ2v) is 19.3. The summed E-state index contributed by atoms with van der Waals surface area (Å²) in [5, 5.41) is 20.9. The Kier molecular flexibility index (Phi) is 29.8. The van der Waals surface area contributed by atoms with Gasteiger partial charge >= 0.3 is 27.3 Å². The van der Waals surface area contributed by atoms with E-state index in [0.717, 1.165) is 49.5 Å². The highest BCUT2D eigenvalue weighted by atomic mass is 31.3. The number of phosphoric ester groups is 2. The average Bonchev–Trinajstić information content (AvgIpc) is 3.49. The van der Waals surface area contributed by atoms with Crippen molar-refractivity contribution >= 4 is 27.4 Å². The van der Waals surface area contributed by atoms with Gasteiger partial charge in [-0.1, -0.05) is 162 Å². The lowest BCUT2D eigenvalue weighted by Crippen LogP contribution is -2.36. The lowest BCUT2D eigenvalue weighted by molar-refractivity contribution is -0.154. The van der Waals surface area contributed by atoms with E-state index >= 15 is 0 Å². The van der Waals surface area contributed by atoms with E-state index in [1.165, 1.54) is 121 Å². The number of esters is 1. The van der Waals surface area contributed by atoms with Gasteiger partial charge in [0.25, 0.3) is 0 Å². The molecule has 17 nitrogen and oxygen atoms in total. The summed E-state index contributed by atoms with van der Waals surface area (Å²) in [5.41, 5.74) is 4.61. The lowest BCUT2D eigenvalue weighted by atomic mass is 10.0. The third-order valence-electron chi connectivity index (χ3n) is 10.7. The van der Waals surface area contributed by atoms with Gasteiger partial charge in [-0.15, -0.1) is 0 Å². The summed E-state index contributed by atoms with van der Waals surface area (Å²) in [6.07, 6.45) is 23.3. The fourth-order valence-electron chi connectivity index (χ4n) is 7.15. The fraction of sp³-hybridized carbons (Fsp3) is 0.881. The third-order valence-corrected chi connectivity index (χ3v) is 13.3. The first-order chi connectivity index (χ1) is 29.3. The molecular weight excluding hydrogens is 832 g/mol. The third kappa shape index (κ3) is 26.0. The van der Waals surface area contributed by atoms with Crippen molar-refractivity contribution in [1.82, 2.24) is 9.55 Å². The molecule has 61 heavy (non-hydrogen) atoms. The van der Waals surface area contributed by atoms with Gasteiger partial charge < -0.3 is 39.9 Å². The zero-order chi connectivity index (χ0) is 44.8. The molecule has 1 aromatic heterocycles. The Hall–Kier alpha value is -1.75. The number of aliphatic hydroxyl groups excluding tert-OH is 2. The van der Waals surface area contributed by atoms with Gasteiger partial charge in [-0.05, 0) is 18.9 Å². The van der Waals surface area contributed by atoms with Crippen LogP contribution < -0.4 is 11.4 Å². The molecule has 2 unspecified atom stereocenters. The Bertz CT molecular complexity index is 1460. The normalized spacial score (nSPS) is 20.4. The molecule has 1 aromatic rings. The second kappa shape index (κ2) is 32.8. The van der Waals surface area contributed by atoms with Crippen LogP contribution in [-0.4, -0.2) is 86.4 Å². The first-order valence-electron chi connectivity index (χ1n) is 23.1. The SMILES string of the molecule is CCCCCCCCCCCCCCCC(=O)O[C@H](COCCCCCCCCCCCCCC)COP(=O)(O)OP(=O)(O)OC[C@H]1O[C@@H](n2ccc(N)nc2=O)[C@@H](O)[C@@H]1O. The summed E-state index contributed by atoms with van der Waals surface area (Å²) in [5.74, 6) is -0.608. The fourth-order valence-corrected chi connectivity index (χ4v) is 9.26. The number of hydrogen-bond acceptors (Lipinski definition) is 14. The summed E-state index contributed by atoms with van der Waals surface area (Å²) >= 11 is 0. The van der Waals surface area contributed by atoms with Crippen LogP contribution in [-0.2, 0) is 41.5 Å². The number of carbonyl (C=O) groups is 1. The van der Waals surface area contributed by atoms with E-state index in [4.69, 9.17) is 29.0 Å². The Labute approximate surface area is 364 Å². The van der Waals surface area contributed by atoms with Crippen molar-refractivity contribution in [1.29, 1.82) is 0 Å². The van der Waals surface area contributed by atoms with Gasteiger partial charge in [0.05, 0.1) is 19.8 Å². The Morgan fingerprint density at radius 1 is 0.738 bits per heavy atom. The molecule has 0 bridgehead atoms. The van der Waals surface area contributed by atoms with E-state index in [-0.39, 0.29) is 18.8 Å². The molecule has 19 heteroatoms. The minimum absolute atomic E-state index is 0.0833. The highest BCUT2D eigenvalue weighted by molar-refractivity contribution is 7.61. The molecule has 0 aromatic carbocycles. The quantitative estimate of drug-likeness (QED) is 0.0235. The molecule has 0 amide bonds. The van der Waals surface area contributed by atoms with Crippen molar-refractivity contribution in [2.24, 2.45) is 0 Å². The zero-order valence-corrected chi connectivity index (χ0v) is 38.8. The number of ether oxygens (including phenoxy) is 3. The summed E-state index contributed by atoms with van der Waals surface area (Å²) in [6.45, 7) is 3.12. The van der Waals surface area contributed by atoms with Gasteiger partial charge in [0, 0.05) is 19.2 Å². The smallest absolute Gasteiger partial charge is 0.457 e. The first-order valence-corrected chi connectivity index (χ1v) is 26.1. The van der Waals surface area contributed by atoms with E-state index in [1.54, 1.807) is 0 Å². The number of aliphatic hydroxyl groups is 2. The number of nitrogens with two attached hydrogens (primary N) is 1. The van der Waals surface area contributed by atoms with Crippen LogP contribution in [0.4, 0.5) is 5.82 Å². The van der Waals surface area contributed by atoms with Gasteiger partial charge in [0.15, 0.2) is 6.23 Å². The lowest BCUT2D eigenvalue weighted by Gasteiger charge is -2.21. The number of carbonyl (C=O) groups excluding carboxylic acids is 1. The minimum atomic E-state index is -5.35. The van der Waals surface area contributed by atoms with E-state index in [0.29, 0.717) is 13.0 Å². The molecular formula is C42H79N3O14P2. The van der Waals surface area contributed by atoms with Gasteiger partial charge in [0.1, 0.15) is 30.2 Å². The highest BCUT2D eigenvalue weighted by Gasteiger charge is 2.46. The molecule has 1 aliphatic rings. The standard InChI is InChI=1S/C42H79N3O14P2/c1-3-5-7-9-11-13-15-17-18-20-22-24-26-28-38(46)57-35(32-54-31-27-25-23-21-19-16-14-12-10-8-6-4-2)33-55-60(50,51)59-61(52,53)56-34-36-39(47)40(48)41(58-36)45-30-29-37(43)44-42(45)49/h29-30,35-36,39-41,47-48H,3-28,31-34H2,1-2H3,(H,50,51)(H,52,53)(H2,43,44,49)/t35-,36-,39-,40+,41-/m1/s1. The van der Waals surface area contributed by atoms with E-state index in [9.17, 15) is 38.7 Å². The molecule has 7 atom stereocenters. The van der Waals surface area contributed by atoms with Crippen molar-refractivity contribution < 1.29 is 61.5 Å². The van der Waals surface area contributed by atoms with Crippen LogP contribution in [0, 0.1) is 0 Å². The monoisotopic (exact) mass is 912 g/mol. The maximum atomic E-state index is 12.8. The second-order valence-electron chi connectivity index (χ2n) is 16.3. The summed E-state index contributed by atoms with van der Waals surface area (Å²) in [7, 11) is -10.6. The number of phosphoric acid groups is 2. The molecule has 0 saturated carbocycles. The maximum absolute atomic E-state index is 12.8. The van der Waals surface area contributed by atoms with Crippen molar-refractivity contribution in [3.8, 4) is 0 Å². The zero-order valence-electron chi connectivity index (χ0n) is 37.0. The van der Waals surface area contributed by atoms with Crippen LogP contribution in [0.15, 0.2) is 17.1 Å². The molecule has 1 fully saturated rings. The molecule has 356 valence electrons. The average molecular weight is 912 g/mol. The summed E-state index contributed by atoms with van der Waals surface area (Å²) in [4.78, 5) is 49.1. The van der Waals surface area contributed by atoms with Crippen molar-refractivity contribution in [2.75, 3.05) is 32.2 Å².